The molecule has 124 valence electrons. The van der Waals surface area contributed by atoms with Crippen molar-refractivity contribution in [3.8, 4) is 0 Å². The Kier molecular flexibility index (Phi) is 4.27. The van der Waals surface area contributed by atoms with E-state index in [-0.39, 0.29) is 11.7 Å². The summed E-state index contributed by atoms with van der Waals surface area (Å²) in [6.45, 7) is 0.879. The lowest BCUT2D eigenvalue weighted by Crippen LogP contribution is -2.33. The molecule has 0 saturated carbocycles. The zero-order valence-electron chi connectivity index (χ0n) is 13.3. The SMILES string of the molecule is CN(C)S(=O)(=O)C[C@@H]1CN(c2nccc3ccccc23)C[C@H]1O. The van der Waals surface area contributed by atoms with Crippen LogP contribution >= 0.6 is 0 Å². The summed E-state index contributed by atoms with van der Waals surface area (Å²) >= 11 is 0. The minimum absolute atomic E-state index is 0.0531. The van der Waals surface area contributed by atoms with Gasteiger partial charge in [0.2, 0.25) is 10.0 Å². The van der Waals surface area contributed by atoms with Crippen LogP contribution in [0.15, 0.2) is 36.5 Å². The van der Waals surface area contributed by atoms with Gasteiger partial charge in [-0.3, -0.25) is 0 Å². The van der Waals surface area contributed by atoms with E-state index in [2.05, 4.69) is 4.98 Å². The van der Waals surface area contributed by atoms with Gasteiger partial charge < -0.3 is 10.0 Å². The maximum Gasteiger partial charge on any atom is 0.214 e. The number of pyridine rings is 1. The van der Waals surface area contributed by atoms with Crippen LogP contribution < -0.4 is 4.90 Å². The summed E-state index contributed by atoms with van der Waals surface area (Å²) in [5.41, 5.74) is 0. The standard InChI is InChI=1S/C16H21N3O3S/c1-18(2)23(21,22)11-13-9-19(10-15(13)20)16-14-6-4-3-5-12(14)7-8-17-16/h3-8,13,15,20H,9-11H2,1-2H3/t13-,15+/m0/s1. The van der Waals surface area contributed by atoms with Crippen LogP contribution in [0.2, 0.25) is 0 Å². The summed E-state index contributed by atoms with van der Waals surface area (Å²) in [5, 5.41) is 12.4. The number of fused-ring (bicyclic) bond motifs is 1. The highest BCUT2D eigenvalue weighted by molar-refractivity contribution is 7.89. The van der Waals surface area contributed by atoms with Crippen LogP contribution in [-0.4, -0.2) is 61.9 Å². The summed E-state index contributed by atoms with van der Waals surface area (Å²) < 4.78 is 25.3. The van der Waals surface area contributed by atoms with Crippen molar-refractivity contribution in [2.45, 2.75) is 6.10 Å². The molecule has 3 rings (SSSR count). The van der Waals surface area contributed by atoms with E-state index in [0.29, 0.717) is 13.1 Å². The normalized spacial score (nSPS) is 22.2. The van der Waals surface area contributed by atoms with Gasteiger partial charge in [0.15, 0.2) is 0 Å². The molecule has 1 fully saturated rings. The molecule has 1 aromatic carbocycles. The summed E-state index contributed by atoms with van der Waals surface area (Å²) in [5.74, 6) is 0.428. The molecule has 1 saturated heterocycles. The smallest absolute Gasteiger partial charge is 0.214 e. The van der Waals surface area contributed by atoms with Crippen molar-refractivity contribution in [1.82, 2.24) is 9.29 Å². The molecule has 1 N–H and O–H groups in total. The molecule has 7 heteroatoms. The van der Waals surface area contributed by atoms with E-state index in [9.17, 15) is 13.5 Å². The molecule has 2 atom stereocenters. The molecule has 1 aromatic heterocycles. The molecule has 0 bridgehead atoms. The van der Waals surface area contributed by atoms with Gasteiger partial charge >= 0.3 is 0 Å². The number of aliphatic hydroxyl groups excluding tert-OH is 1. The molecule has 2 heterocycles. The van der Waals surface area contributed by atoms with E-state index in [1.807, 2.05) is 35.2 Å². The Morgan fingerprint density at radius 3 is 2.74 bits per heavy atom. The number of sulfonamides is 1. The number of hydrogen-bond donors (Lipinski definition) is 1. The van der Waals surface area contributed by atoms with Crippen LogP contribution in [0, 0.1) is 5.92 Å². The van der Waals surface area contributed by atoms with E-state index in [4.69, 9.17) is 0 Å². The highest BCUT2D eigenvalue weighted by Crippen LogP contribution is 2.29. The van der Waals surface area contributed by atoms with Crippen molar-refractivity contribution in [2.24, 2.45) is 5.92 Å². The van der Waals surface area contributed by atoms with Gasteiger partial charge in [-0.15, -0.1) is 0 Å². The van der Waals surface area contributed by atoms with Gasteiger partial charge in [-0.2, -0.15) is 0 Å². The summed E-state index contributed by atoms with van der Waals surface area (Å²) in [7, 11) is -0.307. The van der Waals surface area contributed by atoms with E-state index >= 15 is 0 Å². The Morgan fingerprint density at radius 1 is 1.26 bits per heavy atom. The second-order valence-corrected chi connectivity index (χ2v) is 8.38. The third-order valence-electron chi connectivity index (χ3n) is 4.34. The van der Waals surface area contributed by atoms with Crippen molar-refractivity contribution >= 4 is 26.6 Å². The van der Waals surface area contributed by atoms with Crippen LogP contribution in [0.1, 0.15) is 0 Å². The number of β-amino-alcohol motifs (C(OH)–C–C–N with tert-alkyl or cyclic N) is 1. The average molecular weight is 335 g/mol. The first-order chi connectivity index (χ1) is 10.9. The summed E-state index contributed by atoms with van der Waals surface area (Å²) in [6, 6.07) is 9.87. The van der Waals surface area contributed by atoms with Crippen LogP contribution in [0.5, 0.6) is 0 Å². The van der Waals surface area contributed by atoms with Crippen LogP contribution in [0.25, 0.3) is 10.8 Å². The molecule has 0 unspecified atom stereocenters. The molecule has 2 aromatic rings. The molecule has 0 aliphatic carbocycles. The highest BCUT2D eigenvalue weighted by Gasteiger charge is 2.36. The zero-order valence-corrected chi connectivity index (χ0v) is 14.1. The van der Waals surface area contributed by atoms with Crippen LogP contribution in [0.4, 0.5) is 5.82 Å². The van der Waals surface area contributed by atoms with Crippen molar-refractivity contribution in [1.29, 1.82) is 0 Å². The van der Waals surface area contributed by atoms with Gasteiger partial charge in [0.1, 0.15) is 5.82 Å². The predicted molar refractivity (Wildman–Crippen MR) is 90.9 cm³/mol. The molecule has 0 spiro atoms. The Hall–Kier alpha value is -1.70. The lowest BCUT2D eigenvalue weighted by molar-refractivity contribution is 0.157. The Balaban J connectivity index is 1.86. The maximum absolute atomic E-state index is 12.1. The molecule has 0 amide bonds. The minimum Gasteiger partial charge on any atom is -0.391 e. The molecular formula is C16H21N3O3S. The van der Waals surface area contributed by atoms with Crippen molar-refractivity contribution < 1.29 is 13.5 Å². The zero-order chi connectivity index (χ0) is 16.6. The van der Waals surface area contributed by atoms with E-state index < -0.39 is 16.1 Å². The number of aromatic nitrogens is 1. The van der Waals surface area contributed by atoms with Crippen LogP contribution in [0.3, 0.4) is 0 Å². The fourth-order valence-corrected chi connectivity index (χ4v) is 4.13. The Morgan fingerprint density at radius 2 is 2.00 bits per heavy atom. The molecule has 6 nitrogen and oxygen atoms in total. The lowest BCUT2D eigenvalue weighted by Gasteiger charge is -2.19. The Labute approximate surface area is 136 Å². The number of rotatable bonds is 4. The first-order valence-electron chi connectivity index (χ1n) is 7.55. The van der Waals surface area contributed by atoms with Gasteiger partial charge in [0.25, 0.3) is 0 Å². The van der Waals surface area contributed by atoms with Crippen LogP contribution in [-0.2, 0) is 10.0 Å². The average Bonchev–Trinajstić information content (AvgIpc) is 2.87. The topological polar surface area (TPSA) is 73.7 Å². The van der Waals surface area contributed by atoms with E-state index in [1.54, 1.807) is 6.20 Å². The van der Waals surface area contributed by atoms with Gasteiger partial charge in [-0.25, -0.2) is 17.7 Å². The second kappa shape index (κ2) is 6.07. The number of anilines is 1. The third kappa shape index (κ3) is 3.17. The molecule has 1 aliphatic heterocycles. The Bertz CT molecular complexity index is 802. The summed E-state index contributed by atoms with van der Waals surface area (Å²) in [4.78, 5) is 6.42. The molecule has 1 aliphatic rings. The highest BCUT2D eigenvalue weighted by atomic mass is 32.2. The number of nitrogens with zero attached hydrogens (tertiary/aromatic N) is 3. The largest absolute Gasteiger partial charge is 0.391 e. The monoisotopic (exact) mass is 335 g/mol. The van der Waals surface area contributed by atoms with Crippen molar-refractivity contribution in [2.75, 3.05) is 37.8 Å². The molecule has 0 radical (unpaired) electrons. The van der Waals surface area contributed by atoms with Crippen molar-refractivity contribution in [3.05, 3.63) is 36.5 Å². The van der Waals surface area contributed by atoms with Crippen molar-refractivity contribution in [3.63, 3.8) is 0 Å². The minimum atomic E-state index is -3.34. The lowest BCUT2D eigenvalue weighted by atomic mass is 10.1. The molecular weight excluding hydrogens is 314 g/mol. The third-order valence-corrected chi connectivity index (χ3v) is 6.30. The number of benzene rings is 1. The quantitative estimate of drug-likeness (QED) is 0.899. The molecule has 23 heavy (non-hydrogen) atoms. The first kappa shape index (κ1) is 16.2. The van der Waals surface area contributed by atoms with Gasteiger partial charge in [-0.05, 0) is 11.5 Å². The maximum atomic E-state index is 12.1. The number of hydrogen-bond acceptors (Lipinski definition) is 5. The summed E-state index contributed by atoms with van der Waals surface area (Å²) in [6.07, 6.45) is 1.07. The fourth-order valence-electron chi connectivity index (χ4n) is 2.97. The fraction of sp³-hybridized carbons (Fsp3) is 0.438. The van der Waals surface area contributed by atoms with Gasteiger partial charge in [0.05, 0.1) is 11.9 Å². The van der Waals surface area contributed by atoms with Gasteiger partial charge in [0, 0.05) is 44.7 Å². The van der Waals surface area contributed by atoms with Gasteiger partial charge in [-0.1, -0.05) is 24.3 Å². The number of aliphatic hydroxyl groups is 1. The second-order valence-electron chi connectivity index (χ2n) is 6.15. The van der Waals surface area contributed by atoms with E-state index in [0.717, 1.165) is 16.6 Å². The van der Waals surface area contributed by atoms with E-state index in [1.165, 1.54) is 18.4 Å². The predicted octanol–water partition coefficient (Wildman–Crippen LogP) is 0.923. The first-order valence-corrected chi connectivity index (χ1v) is 9.16.